The van der Waals surface area contributed by atoms with Crippen LogP contribution in [0, 0.1) is 5.92 Å². The van der Waals surface area contributed by atoms with Crippen LogP contribution < -0.4 is 5.73 Å². The molecule has 2 heteroatoms. The van der Waals surface area contributed by atoms with Crippen LogP contribution >= 0.6 is 17.0 Å². The van der Waals surface area contributed by atoms with Crippen molar-refractivity contribution in [3.63, 3.8) is 0 Å². The Bertz CT molecular complexity index is 210. The molecule has 0 spiro atoms. The first-order valence-corrected chi connectivity index (χ1v) is 9.81. The smallest absolute Gasteiger partial charge is 0.0125 e. The van der Waals surface area contributed by atoms with Crippen LogP contribution in [0.2, 0.25) is 0 Å². The maximum absolute atomic E-state index is 6.23. The third kappa shape index (κ3) is 15.3. The molecule has 1 unspecified atom stereocenters. The van der Waals surface area contributed by atoms with Crippen molar-refractivity contribution in [1.29, 1.82) is 0 Å². The first-order valence-electron chi connectivity index (χ1n) is 9.81. The van der Waals surface area contributed by atoms with E-state index in [4.69, 9.17) is 5.73 Å². The molecule has 0 aliphatic heterocycles. The minimum absolute atomic E-state index is 0. The fraction of sp³-hybridized carbons (Fsp3) is 1.00. The Labute approximate surface area is 152 Å². The third-order valence-corrected chi connectivity index (χ3v) is 4.95. The SMILES string of the molecule is Br.CCCCCCCCCCCCCCC(CC)C(C)(C)N. The lowest BCUT2D eigenvalue weighted by molar-refractivity contribution is 0.283. The largest absolute Gasteiger partial charge is 0.325 e. The number of unbranched alkanes of at least 4 members (excludes halogenated alkanes) is 11. The molecule has 1 nitrogen and oxygen atoms in total. The highest BCUT2D eigenvalue weighted by Crippen LogP contribution is 2.24. The van der Waals surface area contributed by atoms with Gasteiger partial charge in [-0.05, 0) is 26.2 Å². The van der Waals surface area contributed by atoms with Crippen LogP contribution in [0.4, 0.5) is 0 Å². The highest BCUT2D eigenvalue weighted by molar-refractivity contribution is 8.93. The maximum Gasteiger partial charge on any atom is 0.0125 e. The van der Waals surface area contributed by atoms with Gasteiger partial charge >= 0.3 is 0 Å². The van der Waals surface area contributed by atoms with Gasteiger partial charge in [-0.15, -0.1) is 17.0 Å². The van der Waals surface area contributed by atoms with Crippen molar-refractivity contribution >= 4 is 17.0 Å². The van der Waals surface area contributed by atoms with Gasteiger partial charge in [0.05, 0.1) is 0 Å². The van der Waals surface area contributed by atoms with Gasteiger partial charge in [0, 0.05) is 5.54 Å². The van der Waals surface area contributed by atoms with Gasteiger partial charge in [0.25, 0.3) is 0 Å². The van der Waals surface area contributed by atoms with E-state index < -0.39 is 0 Å². The number of hydrogen-bond donors (Lipinski definition) is 1. The highest BCUT2D eigenvalue weighted by atomic mass is 79.9. The molecule has 0 bridgehead atoms. The van der Waals surface area contributed by atoms with Crippen LogP contribution in [0.25, 0.3) is 0 Å². The molecule has 0 fully saturated rings. The first kappa shape index (κ1) is 24.7. The fourth-order valence-corrected chi connectivity index (χ4v) is 3.33. The molecule has 0 saturated carbocycles. The molecule has 0 aromatic heterocycles. The minimum Gasteiger partial charge on any atom is -0.325 e. The summed E-state index contributed by atoms with van der Waals surface area (Å²) in [5.41, 5.74) is 6.24. The topological polar surface area (TPSA) is 26.0 Å². The van der Waals surface area contributed by atoms with Crippen LogP contribution in [0.15, 0.2) is 0 Å². The van der Waals surface area contributed by atoms with Gasteiger partial charge in [-0.3, -0.25) is 0 Å². The fourth-order valence-electron chi connectivity index (χ4n) is 3.33. The van der Waals surface area contributed by atoms with Gasteiger partial charge < -0.3 is 5.73 Å². The molecule has 136 valence electrons. The Balaban J connectivity index is 0. The Kier molecular flexibility index (Phi) is 18.3. The Morgan fingerprint density at radius 1 is 0.682 bits per heavy atom. The normalized spacial score (nSPS) is 13.0. The number of halogens is 1. The van der Waals surface area contributed by atoms with E-state index >= 15 is 0 Å². The molecular weight excluding hydrogens is 334 g/mol. The Hall–Kier alpha value is 0.440. The van der Waals surface area contributed by atoms with Crippen LogP contribution in [-0.4, -0.2) is 5.54 Å². The number of nitrogens with two attached hydrogens (primary N) is 1. The molecule has 0 aliphatic rings. The van der Waals surface area contributed by atoms with E-state index in [-0.39, 0.29) is 22.5 Å². The van der Waals surface area contributed by atoms with Gasteiger partial charge in [-0.1, -0.05) is 97.3 Å². The van der Waals surface area contributed by atoms with Crippen molar-refractivity contribution < 1.29 is 0 Å². The number of rotatable bonds is 15. The summed E-state index contributed by atoms with van der Waals surface area (Å²) in [7, 11) is 0. The Morgan fingerprint density at radius 2 is 1.05 bits per heavy atom. The molecule has 2 N–H and O–H groups in total. The average molecular weight is 378 g/mol. The second-order valence-electron chi connectivity index (χ2n) is 7.60. The zero-order chi connectivity index (χ0) is 16.0. The molecule has 0 aromatic rings. The van der Waals surface area contributed by atoms with E-state index in [9.17, 15) is 0 Å². The summed E-state index contributed by atoms with van der Waals surface area (Å²) in [6.45, 7) is 8.93. The molecule has 22 heavy (non-hydrogen) atoms. The predicted octanol–water partition coefficient (Wildman–Crippen LogP) is 7.42. The molecule has 0 saturated heterocycles. The summed E-state index contributed by atoms with van der Waals surface area (Å²) in [6, 6.07) is 0. The van der Waals surface area contributed by atoms with Gasteiger partial charge in [-0.2, -0.15) is 0 Å². The third-order valence-electron chi connectivity index (χ3n) is 4.95. The lowest BCUT2D eigenvalue weighted by Crippen LogP contribution is -2.40. The van der Waals surface area contributed by atoms with Crippen molar-refractivity contribution in [2.24, 2.45) is 11.7 Å². The second-order valence-corrected chi connectivity index (χ2v) is 7.60. The average Bonchev–Trinajstić information content (AvgIpc) is 2.42. The van der Waals surface area contributed by atoms with E-state index in [2.05, 4.69) is 27.7 Å². The van der Waals surface area contributed by atoms with E-state index in [0.717, 1.165) is 0 Å². The maximum atomic E-state index is 6.23. The van der Waals surface area contributed by atoms with Gasteiger partial charge in [0.15, 0.2) is 0 Å². The summed E-state index contributed by atoms with van der Waals surface area (Å²) in [6.07, 6.45) is 19.7. The van der Waals surface area contributed by atoms with Gasteiger partial charge in [-0.25, -0.2) is 0 Å². The predicted molar refractivity (Wildman–Crippen MR) is 108 cm³/mol. The summed E-state index contributed by atoms with van der Waals surface area (Å²) < 4.78 is 0. The molecule has 1 atom stereocenters. The molecule has 0 aliphatic carbocycles. The highest BCUT2D eigenvalue weighted by Gasteiger charge is 2.22. The molecule has 0 aromatic carbocycles. The zero-order valence-electron chi connectivity index (χ0n) is 16.0. The van der Waals surface area contributed by atoms with Crippen molar-refractivity contribution in [3.8, 4) is 0 Å². The molecule has 0 amide bonds. The van der Waals surface area contributed by atoms with Gasteiger partial charge in [0.1, 0.15) is 0 Å². The van der Waals surface area contributed by atoms with Gasteiger partial charge in [0.2, 0.25) is 0 Å². The van der Waals surface area contributed by atoms with E-state index in [1.54, 1.807) is 0 Å². The van der Waals surface area contributed by atoms with Crippen LogP contribution in [-0.2, 0) is 0 Å². The van der Waals surface area contributed by atoms with Crippen LogP contribution in [0.5, 0.6) is 0 Å². The first-order chi connectivity index (χ1) is 10.0. The van der Waals surface area contributed by atoms with E-state index in [1.165, 1.54) is 89.9 Å². The summed E-state index contributed by atoms with van der Waals surface area (Å²) in [5, 5.41) is 0. The molecule has 0 heterocycles. The van der Waals surface area contributed by atoms with Crippen molar-refractivity contribution in [2.45, 2.75) is 123 Å². The summed E-state index contributed by atoms with van der Waals surface area (Å²) in [4.78, 5) is 0. The molecular formula is C20H44BrN. The molecule has 0 radical (unpaired) electrons. The Morgan fingerprint density at radius 3 is 1.36 bits per heavy atom. The van der Waals surface area contributed by atoms with E-state index in [0.29, 0.717) is 5.92 Å². The summed E-state index contributed by atoms with van der Waals surface area (Å²) >= 11 is 0. The second kappa shape index (κ2) is 16.3. The van der Waals surface area contributed by atoms with Crippen molar-refractivity contribution in [2.75, 3.05) is 0 Å². The minimum atomic E-state index is 0. The monoisotopic (exact) mass is 377 g/mol. The summed E-state index contributed by atoms with van der Waals surface area (Å²) in [5.74, 6) is 0.695. The van der Waals surface area contributed by atoms with Crippen molar-refractivity contribution in [1.82, 2.24) is 0 Å². The zero-order valence-corrected chi connectivity index (χ0v) is 17.7. The lowest BCUT2D eigenvalue weighted by atomic mass is 9.82. The van der Waals surface area contributed by atoms with E-state index in [1.807, 2.05) is 0 Å². The molecule has 0 rings (SSSR count). The van der Waals surface area contributed by atoms with Crippen LogP contribution in [0.1, 0.15) is 118 Å². The van der Waals surface area contributed by atoms with Crippen LogP contribution in [0.3, 0.4) is 0 Å². The quantitative estimate of drug-likeness (QED) is 0.295. The standard InChI is InChI=1S/C20H43N.BrH/c1-5-7-8-9-10-11-12-13-14-15-16-17-18-19(6-2)20(3,4)21;/h19H,5-18,21H2,1-4H3;1H. The number of hydrogen-bond acceptors (Lipinski definition) is 1. The van der Waals surface area contributed by atoms with Crippen molar-refractivity contribution in [3.05, 3.63) is 0 Å². The lowest BCUT2D eigenvalue weighted by Gasteiger charge is -2.29.